The van der Waals surface area contributed by atoms with Crippen molar-refractivity contribution >= 4 is 0 Å². The number of hydrogen-bond acceptors (Lipinski definition) is 1. The van der Waals surface area contributed by atoms with Gasteiger partial charge in [-0.1, -0.05) is 46.5 Å². The standard InChI is InChI=1S/C18H35N/c1-4-13-19-17(14-15-7-5-6-8-15)16-9-11-18(2,3)12-10-16/h15-17,19H,4-14H2,1-3H3. The van der Waals surface area contributed by atoms with Crippen LogP contribution in [0.15, 0.2) is 0 Å². The van der Waals surface area contributed by atoms with Crippen LogP contribution in [0.4, 0.5) is 0 Å². The molecule has 0 spiro atoms. The summed E-state index contributed by atoms with van der Waals surface area (Å²) in [5, 5.41) is 3.89. The number of rotatable bonds is 6. The lowest BCUT2D eigenvalue weighted by Gasteiger charge is -2.39. The van der Waals surface area contributed by atoms with E-state index in [0.717, 1.165) is 17.9 Å². The Balaban J connectivity index is 1.85. The van der Waals surface area contributed by atoms with E-state index in [0.29, 0.717) is 5.41 Å². The molecule has 0 heterocycles. The van der Waals surface area contributed by atoms with E-state index in [1.807, 2.05) is 0 Å². The van der Waals surface area contributed by atoms with Crippen LogP contribution >= 0.6 is 0 Å². The Morgan fingerprint density at radius 2 is 1.68 bits per heavy atom. The molecule has 1 unspecified atom stereocenters. The summed E-state index contributed by atoms with van der Waals surface area (Å²) < 4.78 is 0. The minimum atomic E-state index is 0.610. The highest BCUT2D eigenvalue weighted by Gasteiger charge is 2.32. The molecule has 0 saturated heterocycles. The van der Waals surface area contributed by atoms with Gasteiger partial charge < -0.3 is 5.32 Å². The molecule has 0 bridgehead atoms. The maximum Gasteiger partial charge on any atom is 0.00979 e. The molecular weight excluding hydrogens is 230 g/mol. The Kier molecular flexibility index (Phi) is 5.74. The minimum Gasteiger partial charge on any atom is -0.314 e. The van der Waals surface area contributed by atoms with Crippen LogP contribution in [0.3, 0.4) is 0 Å². The van der Waals surface area contributed by atoms with Gasteiger partial charge in [-0.15, -0.1) is 0 Å². The van der Waals surface area contributed by atoms with E-state index in [1.54, 1.807) is 0 Å². The molecule has 1 heteroatoms. The summed E-state index contributed by atoms with van der Waals surface area (Å²) >= 11 is 0. The molecule has 2 saturated carbocycles. The van der Waals surface area contributed by atoms with E-state index in [1.165, 1.54) is 70.8 Å². The van der Waals surface area contributed by atoms with Gasteiger partial charge in [0.05, 0.1) is 0 Å². The molecule has 0 aliphatic heterocycles. The van der Waals surface area contributed by atoms with Gasteiger partial charge in [0.15, 0.2) is 0 Å². The maximum absolute atomic E-state index is 3.89. The summed E-state index contributed by atoms with van der Waals surface area (Å²) in [4.78, 5) is 0. The summed E-state index contributed by atoms with van der Waals surface area (Å²) in [6, 6.07) is 0.819. The largest absolute Gasteiger partial charge is 0.314 e. The van der Waals surface area contributed by atoms with Crippen LogP contribution in [0.1, 0.15) is 85.0 Å². The van der Waals surface area contributed by atoms with Crippen molar-refractivity contribution in [3.05, 3.63) is 0 Å². The van der Waals surface area contributed by atoms with Gasteiger partial charge in [-0.05, 0) is 62.3 Å². The first kappa shape index (κ1) is 15.4. The second-order valence-electron chi connectivity index (χ2n) is 7.95. The topological polar surface area (TPSA) is 12.0 Å². The van der Waals surface area contributed by atoms with Gasteiger partial charge >= 0.3 is 0 Å². The quantitative estimate of drug-likeness (QED) is 0.700. The molecule has 0 aromatic carbocycles. The number of nitrogens with one attached hydrogen (secondary N) is 1. The smallest absolute Gasteiger partial charge is 0.00979 e. The molecule has 2 aliphatic rings. The van der Waals surface area contributed by atoms with E-state index in [-0.39, 0.29) is 0 Å². The molecule has 19 heavy (non-hydrogen) atoms. The van der Waals surface area contributed by atoms with Crippen molar-refractivity contribution in [2.24, 2.45) is 17.3 Å². The molecular formula is C18H35N. The average Bonchev–Trinajstić information content (AvgIpc) is 2.87. The lowest BCUT2D eigenvalue weighted by atomic mass is 9.70. The predicted molar refractivity (Wildman–Crippen MR) is 84.4 cm³/mol. The third-order valence-corrected chi connectivity index (χ3v) is 5.67. The van der Waals surface area contributed by atoms with Crippen LogP contribution < -0.4 is 5.32 Å². The summed E-state index contributed by atoms with van der Waals surface area (Å²) in [6.45, 7) is 8.42. The predicted octanol–water partition coefficient (Wildman–Crippen LogP) is 5.15. The van der Waals surface area contributed by atoms with Crippen molar-refractivity contribution in [2.45, 2.75) is 91.0 Å². The molecule has 1 atom stereocenters. The molecule has 2 rings (SSSR count). The second-order valence-corrected chi connectivity index (χ2v) is 7.95. The highest BCUT2D eigenvalue weighted by molar-refractivity contribution is 4.87. The van der Waals surface area contributed by atoms with Gasteiger partial charge in [0.25, 0.3) is 0 Å². The van der Waals surface area contributed by atoms with E-state index in [2.05, 4.69) is 26.1 Å². The zero-order valence-electron chi connectivity index (χ0n) is 13.5. The molecule has 2 aliphatic carbocycles. The highest BCUT2D eigenvalue weighted by Crippen LogP contribution is 2.41. The first-order valence-electron chi connectivity index (χ1n) is 8.84. The third-order valence-electron chi connectivity index (χ3n) is 5.67. The summed E-state index contributed by atoms with van der Waals surface area (Å²) in [5.74, 6) is 1.99. The fourth-order valence-electron chi connectivity index (χ4n) is 4.20. The third kappa shape index (κ3) is 4.77. The normalized spacial score (nSPS) is 26.7. The Hall–Kier alpha value is -0.0400. The lowest BCUT2D eigenvalue weighted by Crippen LogP contribution is -2.40. The van der Waals surface area contributed by atoms with Crippen LogP contribution in [0.2, 0.25) is 0 Å². The van der Waals surface area contributed by atoms with Crippen molar-refractivity contribution in [1.29, 1.82) is 0 Å². The van der Waals surface area contributed by atoms with Crippen molar-refractivity contribution in [3.8, 4) is 0 Å². The molecule has 1 N–H and O–H groups in total. The van der Waals surface area contributed by atoms with Gasteiger partial charge in [0, 0.05) is 6.04 Å². The Bertz CT molecular complexity index is 242. The first-order chi connectivity index (χ1) is 9.11. The minimum absolute atomic E-state index is 0.610. The number of hydrogen-bond donors (Lipinski definition) is 1. The average molecular weight is 265 g/mol. The molecule has 0 aromatic heterocycles. The zero-order valence-corrected chi connectivity index (χ0v) is 13.5. The van der Waals surface area contributed by atoms with Gasteiger partial charge in [-0.2, -0.15) is 0 Å². The van der Waals surface area contributed by atoms with Gasteiger partial charge in [0.2, 0.25) is 0 Å². The van der Waals surface area contributed by atoms with Crippen LogP contribution in [-0.2, 0) is 0 Å². The maximum atomic E-state index is 3.89. The van der Waals surface area contributed by atoms with E-state index in [4.69, 9.17) is 0 Å². The van der Waals surface area contributed by atoms with Crippen LogP contribution in [0, 0.1) is 17.3 Å². The molecule has 0 radical (unpaired) electrons. The fourth-order valence-corrected chi connectivity index (χ4v) is 4.20. The zero-order chi connectivity index (χ0) is 13.7. The van der Waals surface area contributed by atoms with E-state index in [9.17, 15) is 0 Å². The van der Waals surface area contributed by atoms with Crippen molar-refractivity contribution in [2.75, 3.05) is 6.54 Å². The Morgan fingerprint density at radius 1 is 1.05 bits per heavy atom. The van der Waals surface area contributed by atoms with Crippen LogP contribution in [0.5, 0.6) is 0 Å². The lowest BCUT2D eigenvalue weighted by molar-refractivity contribution is 0.150. The summed E-state index contributed by atoms with van der Waals surface area (Å²) in [7, 11) is 0. The van der Waals surface area contributed by atoms with Crippen molar-refractivity contribution in [3.63, 3.8) is 0 Å². The summed E-state index contributed by atoms with van der Waals surface area (Å²) in [5.41, 5.74) is 0.610. The van der Waals surface area contributed by atoms with Crippen LogP contribution in [-0.4, -0.2) is 12.6 Å². The molecule has 0 amide bonds. The molecule has 2 fully saturated rings. The molecule has 1 nitrogen and oxygen atoms in total. The van der Waals surface area contributed by atoms with Gasteiger partial charge in [-0.25, -0.2) is 0 Å². The highest BCUT2D eigenvalue weighted by atomic mass is 14.9. The first-order valence-corrected chi connectivity index (χ1v) is 8.84. The van der Waals surface area contributed by atoms with Crippen LogP contribution in [0.25, 0.3) is 0 Å². The SMILES string of the molecule is CCCNC(CC1CCCC1)C1CCC(C)(C)CC1. The monoisotopic (exact) mass is 265 g/mol. The van der Waals surface area contributed by atoms with Crippen molar-refractivity contribution in [1.82, 2.24) is 5.32 Å². The van der Waals surface area contributed by atoms with E-state index >= 15 is 0 Å². The fraction of sp³-hybridized carbons (Fsp3) is 1.00. The van der Waals surface area contributed by atoms with E-state index < -0.39 is 0 Å². The van der Waals surface area contributed by atoms with Gasteiger partial charge in [-0.3, -0.25) is 0 Å². The molecule has 0 aromatic rings. The second kappa shape index (κ2) is 7.11. The summed E-state index contributed by atoms with van der Waals surface area (Å²) in [6.07, 6.45) is 14.5. The Morgan fingerprint density at radius 3 is 2.26 bits per heavy atom. The van der Waals surface area contributed by atoms with Gasteiger partial charge in [0.1, 0.15) is 0 Å². The Labute approximate surface area is 120 Å². The van der Waals surface area contributed by atoms with Crippen molar-refractivity contribution < 1.29 is 0 Å². The molecule has 112 valence electrons.